The van der Waals surface area contributed by atoms with Gasteiger partial charge < -0.3 is 5.32 Å². The van der Waals surface area contributed by atoms with Crippen LogP contribution in [0.3, 0.4) is 0 Å². The van der Waals surface area contributed by atoms with Gasteiger partial charge in [0.05, 0.1) is 6.21 Å². The zero-order valence-electron chi connectivity index (χ0n) is 15.8. The summed E-state index contributed by atoms with van der Waals surface area (Å²) < 4.78 is 14.1. The molecule has 29 heavy (non-hydrogen) atoms. The Morgan fingerprint density at radius 2 is 1.83 bits per heavy atom. The van der Waals surface area contributed by atoms with Gasteiger partial charge in [-0.1, -0.05) is 52.3 Å². The van der Waals surface area contributed by atoms with Crippen molar-refractivity contribution in [1.29, 1.82) is 0 Å². The third-order valence-electron chi connectivity index (χ3n) is 4.19. The second-order valence-corrected chi connectivity index (χ2v) is 6.32. The molecular formula is C20H19FN5O3+. The summed E-state index contributed by atoms with van der Waals surface area (Å²) in [6.07, 6.45) is 1.33. The summed E-state index contributed by atoms with van der Waals surface area (Å²) in [5, 5.41) is 8.99. The topological polar surface area (TPSA) is 100 Å². The molecule has 8 nitrogen and oxygen atoms in total. The van der Waals surface area contributed by atoms with E-state index in [4.69, 9.17) is 0 Å². The highest BCUT2D eigenvalue weighted by atomic mass is 19.1. The van der Waals surface area contributed by atoms with E-state index in [9.17, 15) is 18.8 Å². The fourth-order valence-corrected chi connectivity index (χ4v) is 2.60. The number of nitrogens with zero attached hydrogens (tertiary/aromatic N) is 3. The number of aromatic nitrogens is 3. The lowest BCUT2D eigenvalue weighted by atomic mass is 10.1. The number of Topliss-reactive ketones (excluding diaryl/α,β-unsaturated/α-hetero) is 1. The van der Waals surface area contributed by atoms with Crippen molar-refractivity contribution in [2.45, 2.75) is 13.5 Å². The van der Waals surface area contributed by atoms with E-state index in [2.05, 4.69) is 15.6 Å². The van der Waals surface area contributed by atoms with Crippen LogP contribution in [0.4, 0.5) is 4.39 Å². The van der Waals surface area contributed by atoms with Gasteiger partial charge in [0.2, 0.25) is 5.78 Å². The molecule has 2 aromatic carbocycles. The average molecular weight is 396 g/mol. The summed E-state index contributed by atoms with van der Waals surface area (Å²) in [7, 11) is 1.38. The van der Waals surface area contributed by atoms with Crippen LogP contribution in [-0.2, 0) is 6.54 Å². The molecule has 2 N–H and O–H groups in total. The van der Waals surface area contributed by atoms with Crippen molar-refractivity contribution in [2.24, 2.45) is 5.10 Å². The van der Waals surface area contributed by atoms with Crippen LogP contribution in [0.2, 0.25) is 0 Å². The zero-order chi connectivity index (χ0) is 21.0. The monoisotopic (exact) mass is 396 g/mol. The molecular weight excluding hydrogens is 377 g/mol. The van der Waals surface area contributed by atoms with Crippen LogP contribution in [0.5, 0.6) is 0 Å². The summed E-state index contributed by atoms with van der Waals surface area (Å²) in [5.74, 6) is -1.33. The predicted octanol–water partition coefficient (Wildman–Crippen LogP) is 1.04. The minimum atomic E-state index is -0.723. The molecule has 0 saturated carbocycles. The van der Waals surface area contributed by atoms with E-state index in [-0.39, 0.29) is 18.0 Å². The van der Waals surface area contributed by atoms with E-state index in [1.165, 1.54) is 37.5 Å². The number of rotatable bonds is 6. The summed E-state index contributed by atoms with van der Waals surface area (Å²) >= 11 is 0. The molecule has 0 aliphatic heterocycles. The van der Waals surface area contributed by atoms with Crippen molar-refractivity contribution >= 4 is 17.9 Å². The van der Waals surface area contributed by atoms with Gasteiger partial charge in [-0.15, -0.1) is 4.68 Å². The van der Waals surface area contributed by atoms with E-state index in [0.717, 1.165) is 15.0 Å². The average Bonchev–Trinajstić information content (AvgIpc) is 3.02. The molecule has 3 aromatic rings. The van der Waals surface area contributed by atoms with Crippen LogP contribution in [0.15, 0.2) is 58.4 Å². The third kappa shape index (κ3) is 4.52. The Bertz CT molecular complexity index is 1130. The number of aromatic amines is 1. The number of H-pyrrole nitrogens is 1. The highest BCUT2D eigenvalue weighted by Gasteiger charge is 2.29. The Morgan fingerprint density at radius 3 is 2.45 bits per heavy atom. The first-order valence-corrected chi connectivity index (χ1v) is 8.76. The maximum Gasteiger partial charge on any atom is 0.432 e. The maximum atomic E-state index is 13.0. The number of amides is 1. The van der Waals surface area contributed by atoms with E-state index in [1.807, 2.05) is 6.92 Å². The molecule has 0 fully saturated rings. The number of ketones is 1. The van der Waals surface area contributed by atoms with Crippen LogP contribution in [0.1, 0.15) is 32.0 Å². The van der Waals surface area contributed by atoms with Crippen molar-refractivity contribution in [1.82, 2.24) is 15.3 Å². The minimum Gasteiger partial charge on any atom is -0.352 e. The summed E-state index contributed by atoms with van der Waals surface area (Å²) in [5.41, 5.74) is 1.03. The van der Waals surface area contributed by atoms with Crippen molar-refractivity contribution in [3.63, 3.8) is 0 Å². The molecule has 0 atom stereocenters. The molecule has 0 unspecified atom stereocenters. The molecule has 148 valence electrons. The van der Waals surface area contributed by atoms with Crippen molar-refractivity contribution < 1.29 is 18.7 Å². The molecule has 1 heterocycles. The summed E-state index contributed by atoms with van der Waals surface area (Å²) in [4.78, 5) is 38.2. The largest absolute Gasteiger partial charge is 0.432 e. The number of carbonyl (C=O) groups excluding carboxylic acids is 2. The van der Waals surface area contributed by atoms with Crippen LogP contribution in [0, 0.1) is 12.7 Å². The third-order valence-corrected chi connectivity index (χ3v) is 4.19. The fraction of sp³-hybridized carbons (Fsp3) is 0.150. The molecule has 0 aliphatic rings. The Kier molecular flexibility index (Phi) is 5.77. The van der Waals surface area contributed by atoms with Gasteiger partial charge in [0, 0.05) is 17.4 Å². The van der Waals surface area contributed by atoms with E-state index >= 15 is 0 Å². The normalized spacial score (nSPS) is 11.0. The molecule has 9 heteroatoms. The number of benzene rings is 2. The van der Waals surface area contributed by atoms with E-state index < -0.39 is 17.3 Å². The van der Waals surface area contributed by atoms with Gasteiger partial charge in [-0.2, -0.15) is 0 Å². The smallest absolute Gasteiger partial charge is 0.352 e. The van der Waals surface area contributed by atoms with Gasteiger partial charge in [-0.25, -0.2) is 9.18 Å². The number of carbonyl (C=O) groups is 2. The number of aryl methyl sites for hydroxylation is 1. The fourth-order valence-electron chi connectivity index (χ4n) is 2.60. The number of nitrogens with one attached hydrogen (secondary N) is 2. The summed E-state index contributed by atoms with van der Waals surface area (Å²) in [6, 6.07) is 12.5. The number of hydrogen-bond acceptors (Lipinski definition) is 4. The van der Waals surface area contributed by atoms with Crippen LogP contribution in [0.25, 0.3) is 0 Å². The molecule has 0 aliphatic carbocycles. The molecule has 1 amide bonds. The highest BCUT2D eigenvalue weighted by molar-refractivity contribution is 5.95. The van der Waals surface area contributed by atoms with Crippen LogP contribution < -0.4 is 15.6 Å². The van der Waals surface area contributed by atoms with Gasteiger partial charge in [-0.05, 0) is 24.6 Å². The lowest BCUT2D eigenvalue weighted by Gasteiger charge is -2.00. The Morgan fingerprint density at radius 1 is 1.17 bits per heavy atom. The first-order chi connectivity index (χ1) is 13.9. The van der Waals surface area contributed by atoms with Crippen molar-refractivity contribution in [2.75, 3.05) is 7.05 Å². The van der Waals surface area contributed by atoms with Gasteiger partial charge in [0.15, 0.2) is 6.54 Å². The second kappa shape index (κ2) is 8.42. The lowest BCUT2D eigenvalue weighted by Crippen LogP contribution is -2.48. The Labute approximate surface area is 165 Å². The van der Waals surface area contributed by atoms with Gasteiger partial charge in [-0.3, -0.25) is 9.59 Å². The molecule has 1 aromatic heterocycles. The van der Waals surface area contributed by atoms with Gasteiger partial charge in [0.1, 0.15) is 5.82 Å². The second-order valence-electron chi connectivity index (χ2n) is 6.32. The van der Waals surface area contributed by atoms with Crippen LogP contribution in [-0.4, -0.2) is 35.0 Å². The highest BCUT2D eigenvalue weighted by Crippen LogP contribution is 2.04. The Hall–Kier alpha value is -3.88. The SMILES string of the molecule is CNC(=O)c1c(=O)n(N=Cc2ccc(F)cc2)[nH][n+]1CC(=O)c1ccc(C)cc1. The number of hydrogen-bond donors (Lipinski definition) is 2. The lowest BCUT2D eigenvalue weighted by molar-refractivity contribution is -0.744. The summed E-state index contributed by atoms with van der Waals surface area (Å²) in [6.45, 7) is 1.66. The van der Waals surface area contributed by atoms with Gasteiger partial charge >= 0.3 is 17.2 Å². The van der Waals surface area contributed by atoms with Crippen molar-refractivity contribution in [3.8, 4) is 0 Å². The predicted molar refractivity (Wildman–Crippen MR) is 104 cm³/mol. The molecule has 0 radical (unpaired) electrons. The zero-order valence-corrected chi connectivity index (χ0v) is 15.8. The molecule has 3 rings (SSSR count). The van der Waals surface area contributed by atoms with E-state index in [1.54, 1.807) is 24.3 Å². The molecule has 0 bridgehead atoms. The van der Waals surface area contributed by atoms with Crippen molar-refractivity contribution in [3.05, 3.63) is 87.1 Å². The first kappa shape index (κ1) is 19.9. The van der Waals surface area contributed by atoms with Crippen LogP contribution >= 0.6 is 0 Å². The quantitative estimate of drug-likeness (QED) is 0.370. The van der Waals surface area contributed by atoms with E-state index in [0.29, 0.717) is 11.1 Å². The van der Waals surface area contributed by atoms with Gasteiger partial charge in [0.25, 0.3) is 0 Å². The Balaban J connectivity index is 1.93. The first-order valence-electron chi connectivity index (χ1n) is 8.76. The minimum absolute atomic E-state index is 0.250. The standard InChI is InChI=1S/C20H18FN5O3/c1-13-3-7-15(8-4-13)17(27)12-25-18(19(28)22-2)20(29)26(24-25)23-11-14-5-9-16(21)10-6-14/h3-11H,12H2,1-2H3,(H-,22,24,28,29)/p+1. The molecule has 0 saturated heterocycles. The molecule has 0 spiro atoms. The maximum absolute atomic E-state index is 13.0. The number of halogens is 1.